The van der Waals surface area contributed by atoms with Crippen molar-refractivity contribution in [3.05, 3.63) is 28.2 Å². The third-order valence-corrected chi connectivity index (χ3v) is 6.25. The normalized spacial score (nSPS) is 22.4. The first-order valence-corrected chi connectivity index (χ1v) is 10.8. The van der Waals surface area contributed by atoms with Crippen molar-refractivity contribution in [2.75, 3.05) is 32.7 Å². The zero-order valence-corrected chi connectivity index (χ0v) is 18.0. The minimum Gasteiger partial charge on any atom is -0.343 e. The molecule has 1 aromatic rings. The summed E-state index contributed by atoms with van der Waals surface area (Å²) in [5.41, 5.74) is 0.922. The van der Waals surface area contributed by atoms with E-state index in [4.69, 9.17) is 0 Å². The van der Waals surface area contributed by atoms with Crippen LogP contribution in [0.2, 0.25) is 0 Å². The van der Waals surface area contributed by atoms with Crippen LogP contribution in [-0.2, 0) is 16.8 Å². The molecule has 1 aromatic heterocycles. The van der Waals surface area contributed by atoms with Crippen LogP contribution < -0.4 is 5.56 Å². The van der Waals surface area contributed by atoms with Crippen LogP contribution in [0.5, 0.6) is 0 Å². The number of likely N-dealkylation sites (tertiary alicyclic amines) is 2. The average molecular weight is 389 g/mol. The Kier molecular flexibility index (Phi) is 6.58. The summed E-state index contributed by atoms with van der Waals surface area (Å²) in [7, 11) is 0. The fourth-order valence-corrected chi connectivity index (χ4v) is 4.44. The molecule has 3 heterocycles. The number of carbonyl (C=O) groups excluding carboxylic acids is 1. The number of piperidine rings is 2. The highest BCUT2D eigenvalue weighted by atomic mass is 16.2. The molecular formula is C22H36N4O2. The highest BCUT2D eigenvalue weighted by Gasteiger charge is 2.26. The van der Waals surface area contributed by atoms with Crippen molar-refractivity contribution in [3.63, 3.8) is 0 Å². The van der Waals surface area contributed by atoms with E-state index in [1.54, 1.807) is 17.7 Å². The zero-order chi connectivity index (χ0) is 20.3. The van der Waals surface area contributed by atoms with Crippen molar-refractivity contribution in [2.45, 2.75) is 65.3 Å². The number of amides is 1. The molecule has 1 unspecified atom stereocenters. The maximum Gasteiger partial charge on any atom is 0.266 e. The monoisotopic (exact) mass is 388 g/mol. The molecule has 2 aliphatic rings. The van der Waals surface area contributed by atoms with E-state index < -0.39 is 0 Å². The van der Waals surface area contributed by atoms with E-state index in [1.807, 2.05) is 11.0 Å². The number of hydrogen-bond acceptors (Lipinski definition) is 4. The van der Waals surface area contributed by atoms with Crippen LogP contribution in [0.1, 0.15) is 59.1 Å². The molecule has 0 spiro atoms. The second kappa shape index (κ2) is 8.76. The second-order valence-electron chi connectivity index (χ2n) is 9.71. The Hall–Kier alpha value is -1.69. The topological polar surface area (TPSA) is 58.4 Å². The first kappa shape index (κ1) is 21.0. The smallest absolute Gasteiger partial charge is 0.266 e. The minimum absolute atomic E-state index is 0.00181. The molecule has 2 fully saturated rings. The molecule has 0 saturated carbocycles. The van der Waals surface area contributed by atoms with Gasteiger partial charge < -0.3 is 9.80 Å². The molecule has 1 atom stereocenters. The Morgan fingerprint density at radius 3 is 2.43 bits per heavy atom. The van der Waals surface area contributed by atoms with Gasteiger partial charge in [0.2, 0.25) is 5.91 Å². The Morgan fingerprint density at radius 2 is 1.79 bits per heavy atom. The number of hydrogen-bond donors (Lipinski definition) is 0. The second-order valence-corrected chi connectivity index (χ2v) is 9.71. The molecule has 28 heavy (non-hydrogen) atoms. The lowest BCUT2D eigenvalue weighted by Gasteiger charge is -2.38. The summed E-state index contributed by atoms with van der Waals surface area (Å²) >= 11 is 0. The van der Waals surface area contributed by atoms with E-state index in [1.165, 1.54) is 6.42 Å². The molecule has 2 saturated heterocycles. The average Bonchev–Trinajstić information content (AvgIpc) is 2.64. The number of carbonyl (C=O) groups is 1. The lowest BCUT2D eigenvalue weighted by atomic mass is 9.92. The Labute approximate surface area is 168 Å². The molecule has 0 bridgehead atoms. The third kappa shape index (κ3) is 5.43. The van der Waals surface area contributed by atoms with E-state index in [0.717, 1.165) is 64.2 Å². The fraction of sp³-hybridized carbons (Fsp3) is 0.773. The Bertz CT molecular complexity index is 729. The SMILES string of the molecule is CC(=O)N1CCCC(CN2CCC(Cn3nc(C(C)(C)C)ccc3=O)CC2)C1. The maximum atomic E-state index is 12.2. The van der Waals surface area contributed by atoms with Gasteiger partial charge in [-0.25, -0.2) is 4.68 Å². The first-order valence-electron chi connectivity index (χ1n) is 10.8. The molecular weight excluding hydrogens is 352 g/mol. The van der Waals surface area contributed by atoms with E-state index in [9.17, 15) is 9.59 Å². The molecule has 0 aliphatic carbocycles. The van der Waals surface area contributed by atoms with E-state index >= 15 is 0 Å². The Balaban J connectivity index is 1.51. The predicted octanol–water partition coefficient (Wildman–Crippen LogP) is 2.51. The summed E-state index contributed by atoms with van der Waals surface area (Å²) in [6.45, 7) is 13.9. The first-order chi connectivity index (χ1) is 13.2. The van der Waals surface area contributed by atoms with Gasteiger partial charge in [0, 0.05) is 44.6 Å². The molecule has 3 rings (SSSR count). The van der Waals surface area contributed by atoms with E-state index in [2.05, 4.69) is 30.8 Å². The third-order valence-electron chi connectivity index (χ3n) is 6.25. The van der Waals surface area contributed by atoms with Crippen LogP contribution >= 0.6 is 0 Å². The summed E-state index contributed by atoms with van der Waals surface area (Å²) in [5.74, 6) is 1.32. The number of rotatable bonds is 4. The lowest BCUT2D eigenvalue weighted by molar-refractivity contribution is -0.130. The van der Waals surface area contributed by atoms with Gasteiger partial charge in [0.1, 0.15) is 0 Å². The summed E-state index contributed by atoms with van der Waals surface area (Å²) in [4.78, 5) is 28.4. The van der Waals surface area contributed by atoms with Crippen LogP contribution in [0.3, 0.4) is 0 Å². The van der Waals surface area contributed by atoms with Gasteiger partial charge in [-0.05, 0) is 56.7 Å². The van der Waals surface area contributed by atoms with Gasteiger partial charge in [0.15, 0.2) is 0 Å². The van der Waals surface area contributed by atoms with Gasteiger partial charge in [-0.2, -0.15) is 5.10 Å². The quantitative estimate of drug-likeness (QED) is 0.795. The molecule has 1 amide bonds. The maximum absolute atomic E-state index is 12.2. The summed E-state index contributed by atoms with van der Waals surface area (Å²) < 4.78 is 1.67. The summed E-state index contributed by atoms with van der Waals surface area (Å²) in [6.07, 6.45) is 4.57. The largest absolute Gasteiger partial charge is 0.343 e. The van der Waals surface area contributed by atoms with Gasteiger partial charge in [0.05, 0.1) is 5.69 Å². The highest BCUT2D eigenvalue weighted by molar-refractivity contribution is 5.73. The number of nitrogens with zero attached hydrogens (tertiary/aromatic N) is 4. The van der Waals surface area contributed by atoms with Crippen molar-refractivity contribution >= 4 is 5.91 Å². The molecule has 6 nitrogen and oxygen atoms in total. The molecule has 0 aromatic carbocycles. The van der Waals surface area contributed by atoms with Crippen LogP contribution in [-0.4, -0.2) is 58.2 Å². The molecule has 156 valence electrons. The van der Waals surface area contributed by atoms with Crippen molar-refractivity contribution < 1.29 is 4.79 Å². The van der Waals surface area contributed by atoms with Gasteiger partial charge >= 0.3 is 0 Å². The Morgan fingerprint density at radius 1 is 1.07 bits per heavy atom. The highest BCUT2D eigenvalue weighted by Crippen LogP contribution is 2.23. The lowest BCUT2D eigenvalue weighted by Crippen LogP contribution is -2.45. The molecule has 0 N–H and O–H groups in total. The minimum atomic E-state index is -0.0490. The summed E-state index contributed by atoms with van der Waals surface area (Å²) in [5, 5.41) is 4.63. The zero-order valence-electron chi connectivity index (χ0n) is 18.0. The van der Waals surface area contributed by atoms with Crippen molar-refractivity contribution in [1.29, 1.82) is 0 Å². The molecule has 0 radical (unpaired) electrons. The molecule has 2 aliphatic heterocycles. The van der Waals surface area contributed by atoms with Crippen LogP contribution in [0, 0.1) is 11.8 Å². The van der Waals surface area contributed by atoms with Crippen LogP contribution in [0.25, 0.3) is 0 Å². The van der Waals surface area contributed by atoms with Crippen LogP contribution in [0.4, 0.5) is 0 Å². The van der Waals surface area contributed by atoms with Crippen molar-refractivity contribution in [2.24, 2.45) is 11.8 Å². The number of aromatic nitrogens is 2. The van der Waals surface area contributed by atoms with Crippen molar-refractivity contribution in [3.8, 4) is 0 Å². The van der Waals surface area contributed by atoms with E-state index in [-0.39, 0.29) is 16.9 Å². The van der Waals surface area contributed by atoms with Gasteiger partial charge in [-0.1, -0.05) is 20.8 Å². The summed E-state index contributed by atoms with van der Waals surface area (Å²) in [6, 6.07) is 3.52. The van der Waals surface area contributed by atoms with Crippen molar-refractivity contribution in [1.82, 2.24) is 19.6 Å². The van der Waals surface area contributed by atoms with Crippen LogP contribution in [0.15, 0.2) is 16.9 Å². The van der Waals surface area contributed by atoms with Gasteiger partial charge in [0.25, 0.3) is 5.56 Å². The standard InChI is InChI=1S/C22H36N4O2/c1-17(27)25-11-5-6-19(15-25)14-24-12-9-18(10-13-24)16-26-21(28)8-7-20(23-26)22(2,3)4/h7-8,18-19H,5-6,9-16H2,1-4H3. The fourth-order valence-electron chi connectivity index (χ4n) is 4.44. The predicted molar refractivity (Wildman–Crippen MR) is 111 cm³/mol. The van der Waals surface area contributed by atoms with Gasteiger partial charge in [-0.15, -0.1) is 0 Å². The van der Waals surface area contributed by atoms with E-state index in [0.29, 0.717) is 11.8 Å². The molecule has 6 heteroatoms. The van der Waals surface area contributed by atoms with Gasteiger partial charge in [-0.3, -0.25) is 9.59 Å².